The molecule has 1 rings (SSSR count). The highest BCUT2D eigenvalue weighted by Crippen LogP contribution is 2.13. The summed E-state index contributed by atoms with van der Waals surface area (Å²) in [6, 6.07) is 2.25. The highest BCUT2D eigenvalue weighted by atomic mass is 16.4. The van der Waals surface area contributed by atoms with Gasteiger partial charge in [-0.25, -0.2) is 9.97 Å². The molecule has 0 spiro atoms. The van der Waals surface area contributed by atoms with Gasteiger partial charge in [-0.05, 0) is 33.1 Å². The first-order valence-electron chi connectivity index (χ1n) is 7.26. The Morgan fingerprint density at radius 3 is 2.65 bits per heavy atom. The number of carbonyl (C=O) groups is 1. The van der Waals surface area contributed by atoms with E-state index < -0.39 is 5.97 Å². The fourth-order valence-electron chi connectivity index (χ4n) is 2.06. The van der Waals surface area contributed by atoms with Crippen LogP contribution in [-0.4, -0.2) is 27.1 Å². The Balaban J connectivity index is 2.44. The summed E-state index contributed by atoms with van der Waals surface area (Å²) in [6.07, 6.45) is 3.43. The number of aromatic nitrogens is 2. The topological polar surface area (TPSA) is 75.1 Å². The molecule has 0 aliphatic rings. The number of aryl methyl sites for hydroxylation is 2. The van der Waals surface area contributed by atoms with Crippen molar-refractivity contribution in [2.24, 2.45) is 5.92 Å². The molecule has 1 aromatic heterocycles. The third kappa shape index (κ3) is 5.55. The van der Waals surface area contributed by atoms with Crippen LogP contribution in [0.25, 0.3) is 0 Å². The molecule has 2 N–H and O–H groups in total. The van der Waals surface area contributed by atoms with E-state index in [1.165, 1.54) is 0 Å². The maximum atomic E-state index is 10.7. The number of rotatable bonds is 8. The van der Waals surface area contributed by atoms with Crippen molar-refractivity contribution in [1.29, 1.82) is 0 Å². The molecule has 5 heteroatoms. The summed E-state index contributed by atoms with van der Waals surface area (Å²) in [5, 5.41) is 12.2. The number of hydrogen-bond acceptors (Lipinski definition) is 4. The van der Waals surface area contributed by atoms with E-state index in [1.807, 2.05) is 13.0 Å². The minimum atomic E-state index is -0.718. The number of carboxylic acid groups (broad SMARTS) is 1. The van der Waals surface area contributed by atoms with E-state index in [4.69, 9.17) is 5.11 Å². The monoisotopic (exact) mass is 279 g/mol. The van der Waals surface area contributed by atoms with Crippen molar-refractivity contribution in [3.05, 3.63) is 17.6 Å². The van der Waals surface area contributed by atoms with Crippen molar-refractivity contribution >= 4 is 11.8 Å². The fourth-order valence-corrected chi connectivity index (χ4v) is 2.06. The minimum Gasteiger partial charge on any atom is -0.481 e. The molecule has 0 aromatic carbocycles. The summed E-state index contributed by atoms with van der Waals surface area (Å²) in [7, 11) is 0. The zero-order valence-corrected chi connectivity index (χ0v) is 12.8. The van der Waals surface area contributed by atoms with Crippen molar-refractivity contribution in [3.63, 3.8) is 0 Å². The smallest absolute Gasteiger partial charge is 0.306 e. The molecule has 0 saturated carbocycles. The standard InChI is InChI=1S/C15H25N3O2/c1-5-13-9-14(18-12(4)17-13)16-11(3)8-6-7-10(2)15(19)20/h9-11H,5-8H2,1-4H3,(H,19,20)(H,16,17,18). The molecular formula is C15H25N3O2. The quantitative estimate of drug-likeness (QED) is 0.765. The second kappa shape index (κ2) is 7.82. The van der Waals surface area contributed by atoms with Crippen LogP contribution in [0.2, 0.25) is 0 Å². The largest absolute Gasteiger partial charge is 0.481 e. The first kappa shape index (κ1) is 16.4. The lowest BCUT2D eigenvalue weighted by Gasteiger charge is -2.16. The van der Waals surface area contributed by atoms with Gasteiger partial charge in [0.2, 0.25) is 0 Å². The molecule has 0 amide bonds. The Labute approximate surface area is 120 Å². The first-order chi connectivity index (χ1) is 9.42. The molecule has 0 aliphatic heterocycles. The summed E-state index contributed by atoms with van der Waals surface area (Å²) in [6.45, 7) is 7.81. The van der Waals surface area contributed by atoms with Gasteiger partial charge in [-0.3, -0.25) is 4.79 Å². The van der Waals surface area contributed by atoms with Gasteiger partial charge in [0.25, 0.3) is 0 Å². The summed E-state index contributed by atoms with van der Waals surface area (Å²) < 4.78 is 0. The normalized spacial score (nSPS) is 13.8. The molecule has 0 bridgehead atoms. The van der Waals surface area contributed by atoms with Crippen LogP contribution in [0.15, 0.2) is 6.07 Å². The maximum Gasteiger partial charge on any atom is 0.306 e. The molecule has 2 unspecified atom stereocenters. The molecule has 5 nitrogen and oxygen atoms in total. The predicted octanol–water partition coefficient (Wildman–Crippen LogP) is 3.04. The summed E-state index contributed by atoms with van der Waals surface area (Å²) >= 11 is 0. The van der Waals surface area contributed by atoms with E-state index >= 15 is 0 Å². The Hall–Kier alpha value is -1.65. The van der Waals surface area contributed by atoms with Gasteiger partial charge >= 0.3 is 5.97 Å². The summed E-state index contributed by atoms with van der Waals surface area (Å²) in [5.41, 5.74) is 1.03. The number of carboxylic acids is 1. The number of nitrogens with one attached hydrogen (secondary N) is 1. The van der Waals surface area contributed by atoms with Crippen LogP contribution in [0.5, 0.6) is 0 Å². The highest BCUT2D eigenvalue weighted by Gasteiger charge is 2.11. The molecule has 0 saturated heterocycles. The molecule has 0 radical (unpaired) electrons. The van der Waals surface area contributed by atoms with Gasteiger partial charge in [0.1, 0.15) is 11.6 Å². The van der Waals surface area contributed by atoms with Gasteiger partial charge in [0.05, 0.1) is 5.92 Å². The van der Waals surface area contributed by atoms with Gasteiger partial charge in [0.15, 0.2) is 0 Å². The van der Waals surface area contributed by atoms with Crippen molar-refractivity contribution < 1.29 is 9.90 Å². The van der Waals surface area contributed by atoms with Crippen LogP contribution in [0.1, 0.15) is 51.6 Å². The Morgan fingerprint density at radius 1 is 1.35 bits per heavy atom. The molecule has 1 aromatic rings. The van der Waals surface area contributed by atoms with Crippen molar-refractivity contribution in [2.75, 3.05) is 5.32 Å². The summed E-state index contributed by atoms with van der Waals surface area (Å²) in [4.78, 5) is 19.5. The van der Waals surface area contributed by atoms with Gasteiger partial charge in [-0.2, -0.15) is 0 Å². The first-order valence-corrected chi connectivity index (χ1v) is 7.26. The van der Waals surface area contributed by atoms with Gasteiger partial charge < -0.3 is 10.4 Å². The third-order valence-corrected chi connectivity index (χ3v) is 3.34. The average molecular weight is 279 g/mol. The number of aliphatic carboxylic acids is 1. The Bertz CT molecular complexity index is 449. The maximum absolute atomic E-state index is 10.7. The molecule has 0 fully saturated rings. The van der Waals surface area contributed by atoms with Crippen LogP contribution >= 0.6 is 0 Å². The number of nitrogens with zero attached hydrogens (tertiary/aromatic N) is 2. The van der Waals surface area contributed by atoms with E-state index in [0.717, 1.165) is 36.6 Å². The highest BCUT2D eigenvalue weighted by molar-refractivity contribution is 5.69. The van der Waals surface area contributed by atoms with Crippen molar-refractivity contribution in [2.45, 2.75) is 59.4 Å². The van der Waals surface area contributed by atoms with Crippen molar-refractivity contribution in [3.8, 4) is 0 Å². The lowest BCUT2D eigenvalue weighted by atomic mass is 10.0. The van der Waals surface area contributed by atoms with E-state index in [2.05, 4.69) is 29.1 Å². The van der Waals surface area contributed by atoms with Gasteiger partial charge in [0, 0.05) is 17.8 Å². The van der Waals surface area contributed by atoms with E-state index in [0.29, 0.717) is 6.42 Å². The summed E-state index contributed by atoms with van der Waals surface area (Å²) in [5.74, 6) is 0.645. The average Bonchev–Trinajstić information content (AvgIpc) is 2.37. The number of anilines is 1. The lowest BCUT2D eigenvalue weighted by molar-refractivity contribution is -0.141. The number of hydrogen-bond donors (Lipinski definition) is 2. The fraction of sp³-hybridized carbons (Fsp3) is 0.667. The van der Waals surface area contributed by atoms with Crippen LogP contribution in [0, 0.1) is 12.8 Å². The van der Waals surface area contributed by atoms with Crippen molar-refractivity contribution in [1.82, 2.24) is 9.97 Å². The lowest BCUT2D eigenvalue weighted by Crippen LogP contribution is -2.18. The third-order valence-electron chi connectivity index (χ3n) is 3.34. The van der Waals surface area contributed by atoms with Crippen LogP contribution < -0.4 is 5.32 Å². The molecule has 2 atom stereocenters. The van der Waals surface area contributed by atoms with E-state index in [1.54, 1.807) is 6.92 Å². The zero-order valence-electron chi connectivity index (χ0n) is 12.8. The SMILES string of the molecule is CCc1cc(NC(C)CCCC(C)C(=O)O)nc(C)n1. The molecule has 0 aliphatic carbocycles. The van der Waals surface area contributed by atoms with Crippen LogP contribution in [0.4, 0.5) is 5.82 Å². The Morgan fingerprint density at radius 2 is 2.05 bits per heavy atom. The van der Waals surface area contributed by atoms with Gasteiger partial charge in [-0.15, -0.1) is 0 Å². The van der Waals surface area contributed by atoms with Crippen LogP contribution in [-0.2, 0) is 11.2 Å². The van der Waals surface area contributed by atoms with E-state index in [9.17, 15) is 4.79 Å². The molecule has 20 heavy (non-hydrogen) atoms. The van der Waals surface area contributed by atoms with E-state index in [-0.39, 0.29) is 12.0 Å². The second-order valence-electron chi connectivity index (χ2n) is 5.36. The van der Waals surface area contributed by atoms with Crippen LogP contribution in [0.3, 0.4) is 0 Å². The molecule has 112 valence electrons. The second-order valence-corrected chi connectivity index (χ2v) is 5.36. The molecule has 1 heterocycles. The minimum absolute atomic E-state index is 0.268. The zero-order chi connectivity index (χ0) is 15.1. The Kier molecular flexibility index (Phi) is 6.42. The van der Waals surface area contributed by atoms with Gasteiger partial charge in [-0.1, -0.05) is 20.3 Å². The predicted molar refractivity (Wildman–Crippen MR) is 79.9 cm³/mol. The molecular weight excluding hydrogens is 254 g/mol.